The molecule has 2 aromatic carbocycles. The van der Waals surface area contributed by atoms with Gasteiger partial charge in [0.05, 0.1) is 40.9 Å². The number of rotatable bonds is 5. The highest BCUT2D eigenvalue weighted by molar-refractivity contribution is 6.42. The van der Waals surface area contributed by atoms with Gasteiger partial charge in [0.2, 0.25) is 5.91 Å². The van der Waals surface area contributed by atoms with Crippen LogP contribution in [0.4, 0.5) is 5.69 Å². The van der Waals surface area contributed by atoms with Gasteiger partial charge in [0.1, 0.15) is 0 Å². The Balaban J connectivity index is 1.69. The Labute approximate surface area is 166 Å². The van der Waals surface area contributed by atoms with Gasteiger partial charge in [-0.2, -0.15) is 0 Å². The summed E-state index contributed by atoms with van der Waals surface area (Å²) in [5.41, 5.74) is 1.61. The highest BCUT2D eigenvalue weighted by Gasteiger charge is 2.39. The van der Waals surface area contributed by atoms with Crippen molar-refractivity contribution in [1.82, 2.24) is 5.32 Å². The van der Waals surface area contributed by atoms with E-state index < -0.39 is 12.0 Å². The summed E-state index contributed by atoms with van der Waals surface area (Å²) < 4.78 is 4.64. The average molecular weight is 407 g/mol. The van der Waals surface area contributed by atoms with Crippen molar-refractivity contribution in [3.63, 3.8) is 0 Å². The maximum atomic E-state index is 12.6. The van der Waals surface area contributed by atoms with Crippen molar-refractivity contribution >= 4 is 46.7 Å². The molecule has 0 aromatic heterocycles. The summed E-state index contributed by atoms with van der Waals surface area (Å²) in [5.74, 6) is -1.13. The third kappa shape index (κ3) is 4.13. The van der Waals surface area contributed by atoms with E-state index in [0.29, 0.717) is 27.8 Å². The first-order valence-electron chi connectivity index (χ1n) is 8.13. The standard InChI is InChI=1S/C19H16Cl2N2O4/c1-27-19(26)12-3-5-13(6-4-12)23-17(24)9-16(18(23)25)22-10-11-2-7-14(20)15(21)8-11/h2-8,16,22H,9-10H2,1H3. The number of hydrogen-bond donors (Lipinski definition) is 1. The SMILES string of the molecule is COC(=O)c1ccc(N2C(=O)CC(NCc3ccc(Cl)c(Cl)c3)C2=O)cc1. The number of esters is 1. The van der Waals surface area contributed by atoms with Crippen LogP contribution in [0.2, 0.25) is 10.0 Å². The highest BCUT2D eigenvalue weighted by Crippen LogP contribution is 2.25. The molecule has 1 N–H and O–H groups in total. The minimum Gasteiger partial charge on any atom is -0.465 e. The number of anilines is 1. The maximum Gasteiger partial charge on any atom is 0.337 e. The van der Waals surface area contributed by atoms with E-state index >= 15 is 0 Å². The maximum absolute atomic E-state index is 12.6. The lowest BCUT2D eigenvalue weighted by molar-refractivity contribution is -0.121. The molecule has 2 aromatic rings. The van der Waals surface area contributed by atoms with Crippen molar-refractivity contribution < 1.29 is 19.1 Å². The lowest BCUT2D eigenvalue weighted by Gasteiger charge is -2.16. The van der Waals surface area contributed by atoms with Crippen LogP contribution in [0.25, 0.3) is 0 Å². The quantitative estimate of drug-likeness (QED) is 0.609. The Bertz CT molecular complexity index is 899. The highest BCUT2D eigenvalue weighted by atomic mass is 35.5. The summed E-state index contributed by atoms with van der Waals surface area (Å²) in [5, 5.41) is 3.96. The van der Waals surface area contributed by atoms with Crippen LogP contribution in [-0.2, 0) is 20.9 Å². The van der Waals surface area contributed by atoms with Crippen LogP contribution in [-0.4, -0.2) is 30.9 Å². The van der Waals surface area contributed by atoms with E-state index in [4.69, 9.17) is 23.2 Å². The van der Waals surface area contributed by atoms with Crippen molar-refractivity contribution in [3.8, 4) is 0 Å². The molecule has 1 saturated heterocycles. The molecule has 8 heteroatoms. The van der Waals surface area contributed by atoms with Crippen molar-refractivity contribution in [1.29, 1.82) is 0 Å². The number of halogens is 2. The number of ether oxygens (including phenoxy) is 1. The molecule has 0 spiro atoms. The predicted octanol–water partition coefficient (Wildman–Crippen LogP) is 3.20. The number of carbonyl (C=O) groups is 3. The van der Waals surface area contributed by atoms with Crippen molar-refractivity contribution in [2.24, 2.45) is 0 Å². The van der Waals surface area contributed by atoms with E-state index in [1.807, 2.05) is 0 Å². The third-order valence-corrected chi connectivity index (χ3v) is 4.97. The van der Waals surface area contributed by atoms with Crippen LogP contribution < -0.4 is 10.2 Å². The molecular weight excluding hydrogens is 391 g/mol. The number of hydrogen-bond acceptors (Lipinski definition) is 5. The fourth-order valence-corrected chi connectivity index (χ4v) is 3.14. The molecule has 140 valence electrons. The van der Waals surface area contributed by atoms with Crippen molar-refractivity contribution in [2.75, 3.05) is 12.0 Å². The Morgan fingerprint density at radius 2 is 1.85 bits per heavy atom. The molecule has 0 aliphatic carbocycles. The Kier molecular flexibility index (Phi) is 5.79. The molecule has 0 saturated carbocycles. The van der Waals surface area contributed by atoms with Crippen LogP contribution in [0.15, 0.2) is 42.5 Å². The van der Waals surface area contributed by atoms with Gasteiger partial charge in [-0.1, -0.05) is 29.3 Å². The monoisotopic (exact) mass is 406 g/mol. The lowest BCUT2D eigenvalue weighted by Crippen LogP contribution is -2.38. The summed E-state index contributed by atoms with van der Waals surface area (Å²) >= 11 is 11.9. The molecule has 1 heterocycles. The molecule has 0 bridgehead atoms. The number of carbonyl (C=O) groups excluding carboxylic acids is 3. The molecule has 1 aliphatic rings. The topological polar surface area (TPSA) is 75.7 Å². The van der Waals surface area contributed by atoms with Crippen LogP contribution in [0, 0.1) is 0 Å². The molecule has 6 nitrogen and oxygen atoms in total. The second-order valence-corrected chi connectivity index (χ2v) is 6.81. The first-order valence-corrected chi connectivity index (χ1v) is 8.89. The normalized spacial score (nSPS) is 16.7. The minimum atomic E-state index is -0.632. The van der Waals surface area contributed by atoms with E-state index in [1.54, 1.807) is 30.3 Å². The van der Waals surface area contributed by atoms with Gasteiger partial charge >= 0.3 is 5.97 Å². The van der Waals surface area contributed by atoms with Gasteiger partial charge in [-0.05, 0) is 42.0 Å². The predicted molar refractivity (Wildman–Crippen MR) is 102 cm³/mol. The Hall–Kier alpha value is -2.41. The van der Waals surface area contributed by atoms with E-state index in [9.17, 15) is 14.4 Å². The zero-order chi connectivity index (χ0) is 19.6. The number of nitrogens with zero attached hydrogens (tertiary/aromatic N) is 1. The molecular formula is C19H16Cl2N2O4. The van der Waals surface area contributed by atoms with Crippen molar-refractivity contribution in [3.05, 3.63) is 63.6 Å². The number of amides is 2. The zero-order valence-electron chi connectivity index (χ0n) is 14.4. The molecule has 1 atom stereocenters. The zero-order valence-corrected chi connectivity index (χ0v) is 15.9. The first kappa shape index (κ1) is 19.4. The molecule has 0 radical (unpaired) electrons. The van der Waals surface area contributed by atoms with Crippen molar-refractivity contribution in [2.45, 2.75) is 19.0 Å². The van der Waals surface area contributed by atoms with Gasteiger partial charge in [0.25, 0.3) is 5.91 Å². The van der Waals surface area contributed by atoms with Crippen LogP contribution in [0.3, 0.4) is 0 Å². The average Bonchev–Trinajstić information content (AvgIpc) is 2.95. The van der Waals surface area contributed by atoms with Gasteiger partial charge in [-0.3, -0.25) is 9.59 Å². The molecule has 1 unspecified atom stereocenters. The smallest absolute Gasteiger partial charge is 0.337 e. The third-order valence-electron chi connectivity index (χ3n) is 4.23. The number of methoxy groups -OCH3 is 1. The molecule has 2 amide bonds. The number of imide groups is 1. The second-order valence-electron chi connectivity index (χ2n) is 5.99. The molecule has 27 heavy (non-hydrogen) atoms. The van der Waals surface area contributed by atoms with E-state index in [-0.39, 0.29) is 18.2 Å². The first-order chi connectivity index (χ1) is 12.9. The summed E-state index contributed by atoms with van der Waals surface area (Å²) in [6.07, 6.45) is 0.0545. The minimum absolute atomic E-state index is 0.0545. The summed E-state index contributed by atoms with van der Waals surface area (Å²) in [7, 11) is 1.29. The van der Waals surface area contributed by atoms with E-state index in [0.717, 1.165) is 10.5 Å². The van der Waals surface area contributed by atoms with E-state index in [1.165, 1.54) is 19.2 Å². The van der Waals surface area contributed by atoms with Gasteiger partial charge in [0.15, 0.2) is 0 Å². The fraction of sp³-hybridized carbons (Fsp3) is 0.211. The second kappa shape index (κ2) is 8.08. The van der Waals surface area contributed by atoms with Gasteiger partial charge in [-0.15, -0.1) is 0 Å². The van der Waals surface area contributed by atoms with E-state index in [2.05, 4.69) is 10.1 Å². The molecule has 1 aliphatic heterocycles. The summed E-state index contributed by atoms with van der Waals surface area (Å²) in [4.78, 5) is 37.6. The molecule has 3 rings (SSSR count). The van der Waals surface area contributed by atoms with Crippen LogP contribution in [0.5, 0.6) is 0 Å². The van der Waals surface area contributed by atoms with Gasteiger partial charge in [-0.25, -0.2) is 9.69 Å². The lowest BCUT2D eigenvalue weighted by atomic mass is 10.2. The van der Waals surface area contributed by atoms with Crippen LogP contribution >= 0.6 is 23.2 Å². The number of nitrogens with one attached hydrogen (secondary N) is 1. The van der Waals surface area contributed by atoms with Gasteiger partial charge < -0.3 is 10.1 Å². The Morgan fingerprint density at radius 3 is 2.48 bits per heavy atom. The number of benzene rings is 2. The largest absolute Gasteiger partial charge is 0.465 e. The van der Waals surface area contributed by atoms with Crippen LogP contribution in [0.1, 0.15) is 22.3 Å². The van der Waals surface area contributed by atoms with Gasteiger partial charge in [0, 0.05) is 6.54 Å². The fourth-order valence-electron chi connectivity index (χ4n) is 2.82. The summed E-state index contributed by atoms with van der Waals surface area (Å²) in [6.45, 7) is 0.371. The Morgan fingerprint density at radius 1 is 1.15 bits per heavy atom. The molecule has 1 fully saturated rings. The summed E-state index contributed by atoms with van der Waals surface area (Å²) in [6, 6.07) is 10.7.